The van der Waals surface area contributed by atoms with Crippen LogP contribution in [0.3, 0.4) is 0 Å². The van der Waals surface area contributed by atoms with Gasteiger partial charge in [-0.25, -0.2) is 8.42 Å². The van der Waals surface area contributed by atoms with E-state index in [1.54, 1.807) is 0 Å². The normalized spacial score (nSPS) is 17.9. The zero-order valence-corrected chi connectivity index (χ0v) is 10.7. The number of sulfonamides is 1. The van der Waals surface area contributed by atoms with Gasteiger partial charge in [-0.1, -0.05) is 32.9 Å². The first-order valence-electron chi connectivity index (χ1n) is 5.37. The summed E-state index contributed by atoms with van der Waals surface area (Å²) >= 11 is 0. The second-order valence-electron chi connectivity index (χ2n) is 5.59. The molecule has 1 aromatic carbocycles. The van der Waals surface area contributed by atoms with Gasteiger partial charge in [0.1, 0.15) is 0 Å². The minimum atomic E-state index is -3.12. The molecule has 4 heteroatoms. The number of hydrogen-bond acceptors (Lipinski definition) is 2. The third-order valence-corrected chi connectivity index (χ3v) is 3.74. The van der Waals surface area contributed by atoms with Gasteiger partial charge in [-0.15, -0.1) is 0 Å². The second-order valence-corrected chi connectivity index (χ2v) is 7.31. The molecule has 0 saturated heterocycles. The molecule has 0 amide bonds. The maximum atomic E-state index is 11.4. The van der Waals surface area contributed by atoms with Crippen LogP contribution in [-0.2, 0) is 22.2 Å². The molecule has 0 bridgehead atoms. The highest BCUT2D eigenvalue weighted by Gasteiger charge is 2.24. The van der Waals surface area contributed by atoms with Crippen molar-refractivity contribution >= 4 is 15.7 Å². The van der Waals surface area contributed by atoms with E-state index in [0.29, 0.717) is 0 Å². The first kappa shape index (κ1) is 11.5. The van der Waals surface area contributed by atoms with Gasteiger partial charge in [-0.05, 0) is 29.0 Å². The number of fused-ring (bicyclic) bond motifs is 1. The van der Waals surface area contributed by atoms with Crippen LogP contribution in [0.5, 0.6) is 0 Å². The largest absolute Gasteiger partial charge is 0.283 e. The van der Waals surface area contributed by atoms with E-state index in [2.05, 4.69) is 25.5 Å². The van der Waals surface area contributed by atoms with Gasteiger partial charge in [0, 0.05) is 0 Å². The Morgan fingerprint density at radius 2 is 2.00 bits per heavy atom. The molecule has 1 aromatic rings. The fourth-order valence-electron chi connectivity index (χ4n) is 2.00. The minimum absolute atomic E-state index is 0.111. The second kappa shape index (κ2) is 3.48. The molecule has 0 aromatic heterocycles. The van der Waals surface area contributed by atoms with Gasteiger partial charge < -0.3 is 0 Å². The Morgan fingerprint density at radius 3 is 2.62 bits per heavy atom. The molecule has 0 atom stereocenters. The van der Waals surface area contributed by atoms with E-state index in [-0.39, 0.29) is 11.2 Å². The van der Waals surface area contributed by atoms with E-state index in [4.69, 9.17) is 0 Å². The number of benzene rings is 1. The predicted molar refractivity (Wildman–Crippen MR) is 65.8 cm³/mol. The van der Waals surface area contributed by atoms with Crippen molar-refractivity contribution in [2.45, 2.75) is 32.9 Å². The van der Waals surface area contributed by atoms with Crippen molar-refractivity contribution in [2.75, 3.05) is 4.72 Å². The van der Waals surface area contributed by atoms with Crippen LogP contribution in [-0.4, -0.2) is 8.42 Å². The Bertz CT molecular complexity index is 512. The summed E-state index contributed by atoms with van der Waals surface area (Å²) in [6.45, 7) is 6.53. The lowest BCUT2D eigenvalue weighted by Crippen LogP contribution is -2.09. The van der Waals surface area contributed by atoms with E-state index in [9.17, 15) is 8.42 Å². The number of nitrogens with one attached hydrogen (secondary N) is 1. The standard InChI is InChI=1S/C12H17NO2S/c1-12(2,3)7-9-4-5-11-10(6-9)8-16(14,15)13-11/h4-6,13H,7-8H2,1-3H3. The van der Waals surface area contributed by atoms with Crippen molar-refractivity contribution in [3.63, 3.8) is 0 Å². The lowest BCUT2D eigenvalue weighted by atomic mass is 9.87. The third-order valence-electron chi connectivity index (χ3n) is 2.52. The minimum Gasteiger partial charge on any atom is -0.283 e. The summed E-state index contributed by atoms with van der Waals surface area (Å²) in [5.41, 5.74) is 3.05. The van der Waals surface area contributed by atoms with Crippen LogP contribution in [0.15, 0.2) is 18.2 Å². The zero-order valence-electron chi connectivity index (χ0n) is 9.87. The van der Waals surface area contributed by atoms with Gasteiger partial charge in [0.25, 0.3) is 0 Å². The molecule has 1 N–H and O–H groups in total. The molecule has 0 saturated carbocycles. The van der Waals surface area contributed by atoms with Crippen LogP contribution >= 0.6 is 0 Å². The summed E-state index contributed by atoms with van der Waals surface area (Å²) in [4.78, 5) is 0. The van der Waals surface area contributed by atoms with E-state index in [1.807, 2.05) is 18.2 Å². The van der Waals surface area contributed by atoms with Gasteiger partial charge in [0.05, 0.1) is 11.4 Å². The lowest BCUT2D eigenvalue weighted by molar-refractivity contribution is 0.411. The van der Waals surface area contributed by atoms with Crippen LogP contribution in [0, 0.1) is 5.41 Å². The quantitative estimate of drug-likeness (QED) is 0.818. The van der Waals surface area contributed by atoms with E-state index < -0.39 is 10.0 Å². The molecule has 3 nitrogen and oxygen atoms in total. The summed E-state index contributed by atoms with van der Waals surface area (Å²) in [5, 5.41) is 0. The smallest absolute Gasteiger partial charge is 0.237 e. The fraction of sp³-hybridized carbons (Fsp3) is 0.500. The van der Waals surface area contributed by atoms with Gasteiger partial charge in [-0.3, -0.25) is 4.72 Å². The average Bonchev–Trinajstić information content (AvgIpc) is 2.34. The van der Waals surface area contributed by atoms with E-state index in [0.717, 1.165) is 17.7 Å². The van der Waals surface area contributed by atoms with E-state index >= 15 is 0 Å². The highest BCUT2D eigenvalue weighted by Crippen LogP contribution is 2.30. The molecule has 88 valence electrons. The Labute approximate surface area is 96.9 Å². The summed E-state index contributed by atoms with van der Waals surface area (Å²) in [5.74, 6) is 0.111. The summed E-state index contributed by atoms with van der Waals surface area (Å²) in [6, 6.07) is 5.86. The molecule has 1 aliphatic heterocycles. The molecule has 0 unspecified atom stereocenters. The van der Waals surface area contributed by atoms with Crippen LogP contribution in [0.2, 0.25) is 0 Å². The van der Waals surface area contributed by atoms with Gasteiger partial charge in [0.2, 0.25) is 10.0 Å². The van der Waals surface area contributed by atoms with Crippen molar-refractivity contribution in [1.29, 1.82) is 0 Å². The van der Waals surface area contributed by atoms with Gasteiger partial charge >= 0.3 is 0 Å². The Kier molecular flexibility index (Phi) is 2.49. The Morgan fingerprint density at radius 1 is 1.31 bits per heavy atom. The van der Waals surface area contributed by atoms with Crippen molar-refractivity contribution in [2.24, 2.45) is 5.41 Å². The average molecular weight is 239 g/mol. The van der Waals surface area contributed by atoms with Crippen LogP contribution in [0.25, 0.3) is 0 Å². The molecule has 16 heavy (non-hydrogen) atoms. The van der Waals surface area contributed by atoms with E-state index in [1.165, 1.54) is 5.56 Å². The van der Waals surface area contributed by atoms with Crippen LogP contribution in [0.4, 0.5) is 5.69 Å². The van der Waals surface area contributed by atoms with Crippen LogP contribution < -0.4 is 4.72 Å². The van der Waals surface area contributed by atoms with Crippen molar-refractivity contribution in [1.82, 2.24) is 0 Å². The maximum Gasteiger partial charge on any atom is 0.237 e. The highest BCUT2D eigenvalue weighted by atomic mass is 32.2. The Balaban J connectivity index is 2.30. The predicted octanol–water partition coefficient (Wildman–Crippen LogP) is 2.53. The molecular weight excluding hydrogens is 222 g/mol. The molecule has 0 radical (unpaired) electrons. The molecule has 0 aliphatic carbocycles. The van der Waals surface area contributed by atoms with Crippen LogP contribution in [0.1, 0.15) is 31.9 Å². The lowest BCUT2D eigenvalue weighted by Gasteiger charge is -2.18. The molecule has 1 heterocycles. The highest BCUT2D eigenvalue weighted by molar-refractivity contribution is 7.92. The van der Waals surface area contributed by atoms with Gasteiger partial charge in [0.15, 0.2) is 0 Å². The molecular formula is C12H17NO2S. The number of rotatable bonds is 1. The number of hydrogen-bond donors (Lipinski definition) is 1. The summed E-state index contributed by atoms with van der Waals surface area (Å²) in [7, 11) is -3.12. The number of anilines is 1. The van der Waals surface area contributed by atoms with Crippen molar-refractivity contribution < 1.29 is 8.42 Å². The summed E-state index contributed by atoms with van der Waals surface area (Å²) < 4.78 is 25.3. The zero-order chi connectivity index (χ0) is 12.0. The summed E-state index contributed by atoms with van der Waals surface area (Å²) in [6.07, 6.45) is 0.959. The maximum absolute atomic E-state index is 11.4. The molecule has 2 rings (SSSR count). The Hall–Kier alpha value is -1.03. The SMILES string of the molecule is CC(C)(C)Cc1ccc2c(c1)CS(=O)(=O)N2. The first-order valence-corrected chi connectivity index (χ1v) is 7.03. The molecule has 0 fully saturated rings. The third kappa shape index (κ3) is 2.55. The topological polar surface area (TPSA) is 46.2 Å². The molecule has 0 spiro atoms. The van der Waals surface area contributed by atoms with Crippen molar-refractivity contribution in [3.8, 4) is 0 Å². The monoisotopic (exact) mass is 239 g/mol. The fourth-order valence-corrected chi connectivity index (χ4v) is 3.25. The first-order chi connectivity index (χ1) is 7.25. The van der Waals surface area contributed by atoms with Crippen molar-refractivity contribution in [3.05, 3.63) is 29.3 Å². The van der Waals surface area contributed by atoms with Gasteiger partial charge in [-0.2, -0.15) is 0 Å². The molecule has 1 aliphatic rings.